The van der Waals surface area contributed by atoms with Crippen LogP contribution in [0.15, 0.2) is 71.3 Å². The number of benzene rings is 1. The molecule has 0 atom stereocenters. The third-order valence-corrected chi connectivity index (χ3v) is 6.81. The summed E-state index contributed by atoms with van der Waals surface area (Å²) < 4.78 is 26.2. The van der Waals surface area contributed by atoms with Crippen molar-refractivity contribution in [1.29, 1.82) is 0 Å². The first-order valence-electron chi connectivity index (χ1n) is 10.1. The van der Waals surface area contributed by atoms with Gasteiger partial charge < -0.3 is 5.32 Å². The number of fused-ring (bicyclic) bond motifs is 1. The van der Waals surface area contributed by atoms with Crippen LogP contribution >= 0.6 is 11.3 Å². The van der Waals surface area contributed by atoms with Gasteiger partial charge in [0.2, 0.25) is 0 Å². The molecule has 11 heteroatoms. The van der Waals surface area contributed by atoms with Crippen LogP contribution in [-0.4, -0.2) is 45.3 Å². The Morgan fingerprint density at radius 3 is 2.71 bits per heavy atom. The molecular weight excluding hydrogens is 472 g/mol. The third-order valence-electron chi connectivity index (χ3n) is 5.03. The highest BCUT2D eigenvalue weighted by atomic mass is 32.2. The monoisotopic (exact) mass is 490 g/mol. The molecule has 0 aliphatic carbocycles. The van der Waals surface area contributed by atoms with Gasteiger partial charge in [0.05, 0.1) is 21.4 Å². The van der Waals surface area contributed by atoms with E-state index in [1.807, 2.05) is 43.3 Å². The van der Waals surface area contributed by atoms with Gasteiger partial charge in [-0.15, -0.1) is 11.3 Å². The van der Waals surface area contributed by atoms with Crippen LogP contribution < -0.4 is 5.32 Å². The van der Waals surface area contributed by atoms with Gasteiger partial charge in [-0.2, -0.15) is 5.10 Å². The summed E-state index contributed by atoms with van der Waals surface area (Å²) >= 11 is 1.53. The molecule has 0 saturated heterocycles. The number of carbonyl (C=O) groups is 1. The van der Waals surface area contributed by atoms with Gasteiger partial charge in [0.15, 0.2) is 26.4 Å². The molecule has 0 aliphatic rings. The van der Waals surface area contributed by atoms with Crippen molar-refractivity contribution in [2.24, 2.45) is 0 Å². The summed E-state index contributed by atoms with van der Waals surface area (Å²) in [5.74, 6) is 0.0823. The zero-order chi connectivity index (χ0) is 23.9. The Morgan fingerprint density at radius 1 is 1.06 bits per heavy atom. The van der Waals surface area contributed by atoms with Crippen LogP contribution in [0.2, 0.25) is 0 Å². The molecule has 4 heterocycles. The van der Waals surface area contributed by atoms with Gasteiger partial charge in [0, 0.05) is 29.4 Å². The van der Waals surface area contributed by atoms with Crippen molar-refractivity contribution in [2.75, 3.05) is 11.6 Å². The molecule has 1 N–H and O–H groups in total. The first kappa shape index (κ1) is 21.9. The van der Waals surface area contributed by atoms with Gasteiger partial charge in [0.25, 0.3) is 5.91 Å². The average Bonchev–Trinajstić information content (AvgIpc) is 3.45. The van der Waals surface area contributed by atoms with Crippen LogP contribution in [0.25, 0.3) is 27.3 Å². The van der Waals surface area contributed by atoms with Crippen molar-refractivity contribution in [3.05, 3.63) is 77.7 Å². The first-order valence-corrected chi connectivity index (χ1v) is 12.9. The molecular formula is C23H18N6O3S2. The average molecular weight is 491 g/mol. The lowest BCUT2D eigenvalue weighted by Crippen LogP contribution is -2.14. The molecule has 0 spiro atoms. The topological polar surface area (TPSA) is 120 Å². The highest BCUT2D eigenvalue weighted by molar-refractivity contribution is 7.90. The summed E-state index contributed by atoms with van der Waals surface area (Å²) in [6.45, 7) is 1.88. The highest BCUT2D eigenvalue weighted by Gasteiger charge is 2.19. The van der Waals surface area contributed by atoms with Gasteiger partial charge in [-0.3, -0.25) is 4.79 Å². The summed E-state index contributed by atoms with van der Waals surface area (Å²) in [6.07, 6.45) is 2.39. The second-order valence-electron chi connectivity index (χ2n) is 7.61. The smallest absolute Gasteiger partial charge is 0.276 e. The Hall–Kier alpha value is -3.96. The van der Waals surface area contributed by atoms with Crippen molar-refractivity contribution in [3.8, 4) is 17.1 Å². The standard InChI is InChI=1S/C23H18N6O3S2/c1-14-4-3-5-21(26-14)29-19(15-6-7-17-20(10-15)33-13-25-17)12-18(28-29)23(30)27-16-8-9-24-22(11-16)34(2,31)32/h3-13H,1-2H3,(H,24,27,30). The number of carbonyl (C=O) groups excluding carboxylic acids is 1. The Bertz CT molecular complexity index is 1660. The van der Waals surface area contributed by atoms with Gasteiger partial charge in [-0.05, 0) is 49.4 Å². The molecule has 0 aliphatic heterocycles. The molecule has 34 heavy (non-hydrogen) atoms. The number of aryl methyl sites for hydroxylation is 1. The number of amides is 1. The Morgan fingerprint density at radius 2 is 1.91 bits per heavy atom. The molecule has 170 valence electrons. The number of aromatic nitrogens is 5. The van der Waals surface area contributed by atoms with Gasteiger partial charge >= 0.3 is 0 Å². The fourth-order valence-corrected chi connectivity index (χ4v) is 4.73. The maximum Gasteiger partial charge on any atom is 0.276 e. The molecule has 1 amide bonds. The minimum absolute atomic E-state index is 0.127. The van der Waals surface area contributed by atoms with Crippen LogP contribution in [0.4, 0.5) is 5.69 Å². The molecule has 5 rings (SSSR count). The van der Waals surface area contributed by atoms with E-state index in [-0.39, 0.29) is 10.7 Å². The molecule has 5 aromatic rings. The van der Waals surface area contributed by atoms with Crippen LogP contribution in [0, 0.1) is 6.92 Å². The maximum absolute atomic E-state index is 13.1. The zero-order valence-electron chi connectivity index (χ0n) is 18.1. The lowest BCUT2D eigenvalue weighted by Gasteiger charge is -2.07. The second kappa shape index (κ2) is 8.43. The van der Waals surface area contributed by atoms with Crippen LogP contribution in [0.3, 0.4) is 0 Å². The molecule has 0 bridgehead atoms. The largest absolute Gasteiger partial charge is 0.320 e. The van der Waals surface area contributed by atoms with E-state index in [2.05, 4.69) is 25.4 Å². The Kier molecular flexibility index (Phi) is 5.42. The normalized spacial score (nSPS) is 11.6. The number of thiazole rings is 1. The predicted molar refractivity (Wildman–Crippen MR) is 130 cm³/mol. The van der Waals surface area contributed by atoms with Crippen molar-refractivity contribution < 1.29 is 13.2 Å². The predicted octanol–water partition coefficient (Wildman–Crippen LogP) is 3.90. The van der Waals surface area contributed by atoms with Crippen LogP contribution in [0.1, 0.15) is 16.2 Å². The number of sulfone groups is 1. The van der Waals surface area contributed by atoms with E-state index >= 15 is 0 Å². The van der Waals surface area contributed by atoms with E-state index in [0.717, 1.165) is 27.7 Å². The Balaban J connectivity index is 1.57. The highest BCUT2D eigenvalue weighted by Crippen LogP contribution is 2.29. The minimum Gasteiger partial charge on any atom is -0.320 e. The second-order valence-corrected chi connectivity index (χ2v) is 10.5. The summed E-state index contributed by atoms with van der Waals surface area (Å²) in [6, 6.07) is 15.9. The van der Waals surface area contributed by atoms with Crippen molar-refractivity contribution >= 4 is 43.0 Å². The van der Waals surface area contributed by atoms with Crippen molar-refractivity contribution in [3.63, 3.8) is 0 Å². The minimum atomic E-state index is -3.51. The van der Waals surface area contributed by atoms with Gasteiger partial charge in [0.1, 0.15) is 0 Å². The number of hydrogen-bond donors (Lipinski definition) is 1. The number of anilines is 1. The zero-order valence-corrected chi connectivity index (χ0v) is 19.8. The quantitative estimate of drug-likeness (QED) is 0.397. The molecule has 0 fully saturated rings. The number of pyridine rings is 2. The van der Waals surface area contributed by atoms with Gasteiger partial charge in [-0.25, -0.2) is 28.1 Å². The number of nitrogens with zero attached hydrogens (tertiary/aromatic N) is 5. The lowest BCUT2D eigenvalue weighted by molar-refractivity contribution is 0.102. The number of rotatable bonds is 5. The Labute approximate surface area is 199 Å². The summed E-state index contributed by atoms with van der Waals surface area (Å²) in [4.78, 5) is 25.8. The number of hydrogen-bond acceptors (Lipinski definition) is 8. The SMILES string of the molecule is Cc1cccc(-n2nc(C(=O)Nc3ccnc(S(C)(=O)=O)c3)cc2-c2ccc3ncsc3c2)n1. The van der Waals surface area contributed by atoms with E-state index in [1.54, 1.807) is 16.3 Å². The molecule has 4 aromatic heterocycles. The summed E-state index contributed by atoms with van der Waals surface area (Å²) in [5.41, 5.74) is 5.49. The fraction of sp³-hybridized carbons (Fsp3) is 0.0870. The molecule has 9 nitrogen and oxygen atoms in total. The van der Waals surface area contributed by atoms with Crippen molar-refractivity contribution in [1.82, 2.24) is 24.7 Å². The molecule has 1 aromatic carbocycles. The number of nitrogens with one attached hydrogen (secondary N) is 1. The van der Waals surface area contributed by atoms with E-state index in [9.17, 15) is 13.2 Å². The summed E-state index contributed by atoms with van der Waals surface area (Å²) in [5, 5.41) is 7.11. The van der Waals surface area contributed by atoms with Crippen molar-refractivity contribution in [2.45, 2.75) is 11.9 Å². The third kappa shape index (κ3) is 4.30. The van der Waals surface area contributed by atoms with E-state index in [0.29, 0.717) is 17.2 Å². The van der Waals surface area contributed by atoms with E-state index < -0.39 is 15.7 Å². The molecule has 0 saturated carbocycles. The lowest BCUT2D eigenvalue weighted by atomic mass is 10.1. The van der Waals surface area contributed by atoms with E-state index in [4.69, 9.17) is 0 Å². The van der Waals surface area contributed by atoms with Crippen LogP contribution in [-0.2, 0) is 9.84 Å². The summed E-state index contributed by atoms with van der Waals surface area (Å²) in [7, 11) is -3.51. The van der Waals surface area contributed by atoms with Gasteiger partial charge in [-0.1, -0.05) is 12.1 Å². The fourth-order valence-electron chi connectivity index (χ4n) is 3.42. The van der Waals surface area contributed by atoms with E-state index in [1.165, 1.54) is 29.7 Å². The molecule has 0 unspecified atom stereocenters. The van der Waals surface area contributed by atoms with Crippen LogP contribution in [0.5, 0.6) is 0 Å². The maximum atomic E-state index is 13.1. The molecule has 0 radical (unpaired) electrons. The first-order chi connectivity index (χ1) is 16.3.